The summed E-state index contributed by atoms with van der Waals surface area (Å²) in [5.74, 6) is 0. The largest absolute Gasteiger partial charge is 0.376 e. The Balaban J connectivity index is 2.21. The van der Waals surface area contributed by atoms with Gasteiger partial charge in [0.1, 0.15) is 0 Å². The molecule has 0 radical (unpaired) electrons. The predicted molar refractivity (Wildman–Crippen MR) is 77.5 cm³/mol. The maximum atomic E-state index is 12.0. The third kappa shape index (κ3) is 2.76. The van der Waals surface area contributed by atoms with Crippen molar-refractivity contribution in [3.63, 3.8) is 0 Å². The second kappa shape index (κ2) is 5.43. The van der Waals surface area contributed by atoms with Crippen LogP contribution in [0, 0.1) is 5.41 Å². The number of alkyl halides is 1. The van der Waals surface area contributed by atoms with Crippen molar-refractivity contribution in [2.45, 2.75) is 32.2 Å². The van der Waals surface area contributed by atoms with Crippen LogP contribution in [0.4, 0.5) is 5.69 Å². The topological polar surface area (TPSA) is 38.1 Å². The zero-order valence-corrected chi connectivity index (χ0v) is 12.6. The highest BCUT2D eigenvalue weighted by atomic mass is 79.9. The molecule has 1 aromatic rings. The van der Waals surface area contributed by atoms with Gasteiger partial charge in [-0.3, -0.25) is 4.79 Å². The number of halogens is 1. The summed E-state index contributed by atoms with van der Waals surface area (Å²) < 4.78 is 1.61. The molecule has 1 aliphatic carbocycles. The van der Waals surface area contributed by atoms with Gasteiger partial charge in [0, 0.05) is 25.5 Å². The zero-order chi connectivity index (χ0) is 13.2. The molecule has 0 aliphatic heterocycles. The van der Waals surface area contributed by atoms with Crippen LogP contribution in [0.2, 0.25) is 0 Å². The fourth-order valence-corrected chi connectivity index (χ4v) is 3.30. The van der Waals surface area contributed by atoms with Gasteiger partial charge in [-0.1, -0.05) is 28.8 Å². The molecule has 1 aromatic heterocycles. The highest BCUT2D eigenvalue weighted by Crippen LogP contribution is 2.40. The molecule has 2 rings (SSSR count). The monoisotopic (exact) mass is 313 g/mol. The molecule has 0 saturated heterocycles. The summed E-state index contributed by atoms with van der Waals surface area (Å²) in [7, 11) is 3.83. The fraction of sp³-hybridized carbons (Fsp3) is 0.692. The van der Waals surface area contributed by atoms with Crippen LogP contribution < -0.4 is 10.5 Å². The minimum absolute atomic E-state index is 0.00609. The van der Waals surface area contributed by atoms with E-state index in [1.54, 1.807) is 16.9 Å². The van der Waals surface area contributed by atoms with Gasteiger partial charge in [0.25, 0.3) is 5.56 Å². The molecule has 1 saturated carbocycles. The Morgan fingerprint density at radius 3 is 2.61 bits per heavy atom. The van der Waals surface area contributed by atoms with Crippen molar-refractivity contribution in [1.29, 1.82) is 0 Å². The van der Waals surface area contributed by atoms with Gasteiger partial charge in [-0.25, -0.2) is 4.68 Å². The number of nitrogens with zero attached hydrogens (tertiary/aromatic N) is 3. The molecule has 1 aliphatic rings. The van der Waals surface area contributed by atoms with Crippen molar-refractivity contribution < 1.29 is 0 Å². The second-order valence-electron chi connectivity index (χ2n) is 5.44. The summed E-state index contributed by atoms with van der Waals surface area (Å²) in [6, 6.07) is 1.66. The molecule has 0 unspecified atom stereocenters. The average Bonchev–Trinajstić information content (AvgIpc) is 2.81. The lowest BCUT2D eigenvalue weighted by Crippen LogP contribution is -2.33. The summed E-state index contributed by atoms with van der Waals surface area (Å²) in [6.45, 7) is 0.727. The predicted octanol–water partition coefficient (Wildman–Crippen LogP) is 2.26. The molecule has 0 aromatic carbocycles. The quantitative estimate of drug-likeness (QED) is 0.800. The molecular weight excluding hydrogens is 294 g/mol. The first-order chi connectivity index (χ1) is 8.56. The Morgan fingerprint density at radius 2 is 2.11 bits per heavy atom. The Labute approximate surface area is 116 Å². The van der Waals surface area contributed by atoms with Crippen molar-refractivity contribution in [3.8, 4) is 0 Å². The lowest BCUT2D eigenvalue weighted by Gasteiger charge is -2.26. The van der Waals surface area contributed by atoms with E-state index < -0.39 is 0 Å². The molecule has 0 atom stereocenters. The zero-order valence-electron chi connectivity index (χ0n) is 11.0. The van der Waals surface area contributed by atoms with Gasteiger partial charge in [-0.15, -0.1) is 0 Å². The fourth-order valence-electron chi connectivity index (χ4n) is 2.56. The van der Waals surface area contributed by atoms with E-state index in [1.807, 2.05) is 19.0 Å². The molecule has 1 heterocycles. The van der Waals surface area contributed by atoms with E-state index >= 15 is 0 Å². The summed E-state index contributed by atoms with van der Waals surface area (Å²) in [5, 5.41) is 5.25. The summed E-state index contributed by atoms with van der Waals surface area (Å²) >= 11 is 3.60. The molecule has 100 valence electrons. The highest BCUT2D eigenvalue weighted by molar-refractivity contribution is 9.09. The summed E-state index contributed by atoms with van der Waals surface area (Å²) in [4.78, 5) is 13.9. The Hall–Kier alpha value is -0.840. The van der Waals surface area contributed by atoms with E-state index in [4.69, 9.17) is 0 Å². The normalized spacial score (nSPS) is 17.9. The van der Waals surface area contributed by atoms with E-state index in [9.17, 15) is 4.79 Å². The van der Waals surface area contributed by atoms with Crippen LogP contribution in [0.3, 0.4) is 0 Å². The number of hydrogen-bond donors (Lipinski definition) is 0. The molecule has 1 fully saturated rings. The standard InChI is InChI=1S/C13H20BrN3O/c1-16(2)11-7-12(18)17(15-8-11)10-13(9-14)5-3-4-6-13/h7-8H,3-6,9-10H2,1-2H3. The first-order valence-electron chi connectivity index (χ1n) is 6.37. The van der Waals surface area contributed by atoms with Crippen molar-refractivity contribution in [1.82, 2.24) is 9.78 Å². The average molecular weight is 314 g/mol. The number of aromatic nitrogens is 2. The molecule has 0 amide bonds. The van der Waals surface area contributed by atoms with Crippen LogP contribution in [-0.2, 0) is 6.54 Å². The smallest absolute Gasteiger partial charge is 0.268 e. The van der Waals surface area contributed by atoms with Crippen molar-refractivity contribution >= 4 is 21.6 Å². The van der Waals surface area contributed by atoms with E-state index in [0.717, 1.165) is 17.6 Å². The lowest BCUT2D eigenvalue weighted by atomic mass is 9.89. The Morgan fingerprint density at radius 1 is 1.44 bits per heavy atom. The number of anilines is 1. The van der Waals surface area contributed by atoms with E-state index in [-0.39, 0.29) is 11.0 Å². The third-order valence-electron chi connectivity index (χ3n) is 3.80. The van der Waals surface area contributed by atoms with Crippen LogP contribution in [0.15, 0.2) is 17.1 Å². The lowest BCUT2D eigenvalue weighted by molar-refractivity contribution is 0.271. The maximum Gasteiger partial charge on any atom is 0.268 e. The van der Waals surface area contributed by atoms with E-state index in [0.29, 0.717) is 0 Å². The van der Waals surface area contributed by atoms with Crippen molar-refractivity contribution in [2.75, 3.05) is 24.3 Å². The Kier molecular flexibility index (Phi) is 4.10. The molecule has 0 spiro atoms. The van der Waals surface area contributed by atoms with Gasteiger partial charge in [-0.2, -0.15) is 5.10 Å². The first-order valence-corrected chi connectivity index (χ1v) is 7.49. The Bertz CT molecular complexity index is 464. The highest BCUT2D eigenvalue weighted by Gasteiger charge is 2.33. The van der Waals surface area contributed by atoms with E-state index in [1.165, 1.54) is 25.7 Å². The second-order valence-corrected chi connectivity index (χ2v) is 6.01. The van der Waals surface area contributed by atoms with Crippen LogP contribution >= 0.6 is 15.9 Å². The van der Waals surface area contributed by atoms with Crippen molar-refractivity contribution in [3.05, 3.63) is 22.6 Å². The van der Waals surface area contributed by atoms with Crippen LogP contribution in [0.5, 0.6) is 0 Å². The molecule has 0 bridgehead atoms. The van der Waals surface area contributed by atoms with Gasteiger partial charge < -0.3 is 4.90 Å². The molecule has 5 heteroatoms. The van der Waals surface area contributed by atoms with Crippen molar-refractivity contribution in [2.24, 2.45) is 5.41 Å². The molecule has 0 N–H and O–H groups in total. The molecule has 4 nitrogen and oxygen atoms in total. The minimum atomic E-state index is -0.00609. The minimum Gasteiger partial charge on any atom is -0.376 e. The molecular formula is C13H20BrN3O. The maximum absolute atomic E-state index is 12.0. The van der Waals surface area contributed by atoms with Gasteiger partial charge in [0.15, 0.2) is 0 Å². The van der Waals surface area contributed by atoms with E-state index in [2.05, 4.69) is 21.0 Å². The first kappa shape index (κ1) is 13.6. The number of hydrogen-bond acceptors (Lipinski definition) is 3. The van der Waals surface area contributed by atoms with Crippen LogP contribution in [0.25, 0.3) is 0 Å². The number of rotatable bonds is 4. The van der Waals surface area contributed by atoms with Gasteiger partial charge in [0.2, 0.25) is 0 Å². The SMILES string of the molecule is CN(C)c1cnn(CC2(CBr)CCCC2)c(=O)c1. The van der Waals surface area contributed by atoms with Gasteiger partial charge in [0.05, 0.1) is 18.4 Å². The van der Waals surface area contributed by atoms with Gasteiger partial charge >= 0.3 is 0 Å². The molecule has 18 heavy (non-hydrogen) atoms. The van der Waals surface area contributed by atoms with Crippen LogP contribution in [-0.4, -0.2) is 29.2 Å². The van der Waals surface area contributed by atoms with Gasteiger partial charge in [-0.05, 0) is 18.3 Å². The third-order valence-corrected chi connectivity index (χ3v) is 4.99. The summed E-state index contributed by atoms with van der Waals surface area (Å²) in [6.07, 6.45) is 6.65. The van der Waals surface area contributed by atoms with Crippen LogP contribution in [0.1, 0.15) is 25.7 Å². The summed E-state index contributed by atoms with van der Waals surface area (Å²) in [5.41, 5.74) is 1.07.